The zero-order valence-corrected chi connectivity index (χ0v) is 9.55. The second kappa shape index (κ2) is 5.98. The molecule has 0 aromatic heterocycles. The van der Waals surface area contributed by atoms with E-state index in [-0.39, 0.29) is 0 Å². The molecule has 0 nitrogen and oxygen atoms in total. The Hall–Kier alpha value is -0.560. The summed E-state index contributed by atoms with van der Waals surface area (Å²) in [4.78, 5) is 0. The van der Waals surface area contributed by atoms with E-state index in [2.05, 4.69) is 59.3 Å². The summed E-state index contributed by atoms with van der Waals surface area (Å²) in [6.45, 7) is 2.22. The first kappa shape index (κ1) is 10.5. The maximum Gasteiger partial charge on any atom is 0.0175 e. The Kier molecular flexibility index (Phi) is 4.84. The molecule has 0 aliphatic heterocycles. The molecule has 1 heteroatoms. The molecule has 0 aliphatic carbocycles. The van der Waals surface area contributed by atoms with Gasteiger partial charge < -0.3 is 0 Å². The Balaban J connectivity index is 2.44. The lowest BCUT2D eigenvalue weighted by Gasteiger charge is -1.93. The molecule has 0 spiro atoms. The highest BCUT2D eigenvalue weighted by atomic mass is 79.9. The second-order valence-electron chi connectivity index (χ2n) is 3.10. The fourth-order valence-corrected chi connectivity index (χ4v) is 1.38. The van der Waals surface area contributed by atoms with Crippen LogP contribution in [0.1, 0.15) is 31.7 Å². The molecule has 1 aromatic rings. The summed E-state index contributed by atoms with van der Waals surface area (Å²) in [6.07, 6.45) is 8.17. The minimum atomic E-state index is 1.14. The number of hydrogen-bond donors (Lipinski definition) is 0. The molecule has 0 heterocycles. The summed E-state index contributed by atoms with van der Waals surface area (Å²) in [7, 11) is 0. The minimum Gasteiger partial charge on any atom is -0.0839 e. The molecule has 0 atom stereocenters. The molecule has 0 saturated carbocycles. The van der Waals surface area contributed by atoms with Crippen LogP contribution in [0.2, 0.25) is 0 Å². The average Bonchev–Trinajstić information content (AvgIpc) is 2.15. The van der Waals surface area contributed by atoms with Crippen LogP contribution in [0.15, 0.2) is 34.8 Å². The van der Waals surface area contributed by atoms with Gasteiger partial charge in [-0.1, -0.05) is 60.0 Å². The topological polar surface area (TPSA) is 0 Å². The van der Waals surface area contributed by atoms with Crippen molar-refractivity contribution in [2.75, 3.05) is 0 Å². The third-order valence-corrected chi connectivity index (χ3v) is 2.43. The van der Waals surface area contributed by atoms with Crippen LogP contribution < -0.4 is 0 Å². The van der Waals surface area contributed by atoms with E-state index in [1.807, 2.05) is 0 Å². The highest BCUT2D eigenvalue weighted by Gasteiger charge is 1.86. The standard InChI is InChI=1S/C12H15Br/c1-2-3-4-5-6-11-7-9-12(13)10-8-11/h5-10H,2-4H2,1H3. The Labute approximate surface area is 88.8 Å². The van der Waals surface area contributed by atoms with Gasteiger partial charge >= 0.3 is 0 Å². The Bertz CT molecular complexity index is 259. The van der Waals surface area contributed by atoms with Crippen molar-refractivity contribution in [1.82, 2.24) is 0 Å². The lowest BCUT2D eigenvalue weighted by Crippen LogP contribution is -1.71. The summed E-state index contributed by atoms with van der Waals surface area (Å²) in [6, 6.07) is 8.37. The number of allylic oxidation sites excluding steroid dienone is 1. The van der Waals surface area contributed by atoms with Crippen molar-refractivity contribution in [1.29, 1.82) is 0 Å². The van der Waals surface area contributed by atoms with E-state index in [0.29, 0.717) is 0 Å². The van der Waals surface area contributed by atoms with Crippen molar-refractivity contribution in [3.05, 3.63) is 40.4 Å². The van der Waals surface area contributed by atoms with Crippen molar-refractivity contribution < 1.29 is 0 Å². The fourth-order valence-electron chi connectivity index (χ4n) is 1.12. The molecule has 0 radical (unpaired) electrons. The zero-order chi connectivity index (χ0) is 9.52. The first-order valence-corrected chi connectivity index (χ1v) is 5.54. The van der Waals surface area contributed by atoms with Gasteiger partial charge in [-0.3, -0.25) is 0 Å². The lowest BCUT2D eigenvalue weighted by molar-refractivity contribution is 0.816. The summed E-state index contributed by atoms with van der Waals surface area (Å²) in [5, 5.41) is 0. The molecule has 0 unspecified atom stereocenters. The smallest absolute Gasteiger partial charge is 0.0175 e. The number of unbranched alkanes of at least 4 members (excludes halogenated alkanes) is 2. The predicted octanol–water partition coefficient (Wildman–Crippen LogP) is 4.65. The molecule has 0 saturated heterocycles. The summed E-state index contributed by atoms with van der Waals surface area (Å²) in [5.41, 5.74) is 1.28. The number of rotatable bonds is 4. The van der Waals surface area contributed by atoms with Gasteiger partial charge in [-0.25, -0.2) is 0 Å². The van der Waals surface area contributed by atoms with Crippen LogP contribution in [0, 0.1) is 0 Å². The molecule has 1 rings (SSSR count). The van der Waals surface area contributed by atoms with E-state index in [0.717, 1.165) is 4.47 Å². The third kappa shape index (κ3) is 4.28. The Morgan fingerprint density at radius 1 is 1.23 bits per heavy atom. The van der Waals surface area contributed by atoms with Crippen LogP contribution >= 0.6 is 15.9 Å². The molecule has 0 amide bonds. The van der Waals surface area contributed by atoms with Crippen molar-refractivity contribution in [3.8, 4) is 0 Å². The van der Waals surface area contributed by atoms with Gasteiger partial charge in [0.2, 0.25) is 0 Å². The number of benzene rings is 1. The van der Waals surface area contributed by atoms with E-state index in [4.69, 9.17) is 0 Å². The normalized spacial score (nSPS) is 10.9. The van der Waals surface area contributed by atoms with Crippen LogP contribution in [-0.4, -0.2) is 0 Å². The van der Waals surface area contributed by atoms with Gasteiger partial charge in [-0.05, 0) is 24.1 Å². The van der Waals surface area contributed by atoms with E-state index < -0.39 is 0 Å². The second-order valence-corrected chi connectivity index (χ2v) is 4.01. The van der Waals surface area contributed by atoms with Crippen LogP contribution in [0.25, 0.3) is 6.08 Å². The maximum absolute atomic E-state index is 3.41. The van der Waals surface area contributed by atoms with Gasteiger partial charge in [-0.15, -0.1) is 0 Å². The molecule has 13 heavy (non-hydrogen) atoms. The summed E-state index contributed by atoms with van der Waals surface area (Å²) >= 11 is 3.41. The van der Waals surface area contributed by atoms with Gasteiger partial charge in [0, 0.05) is 4.47 Å². The van der Waals surface area contributed by atoms with E-state index in [1.54, 1.807) is 0 Å². The predicted molar refractivity (Wildman–Crippen MR) is 62.7 cm³/mol. The first-order valence-electron chi connectivity index (χ1n) is 4.75. The van der Waals surface area contributed by atoms with Crippen molar-refractivity contribution >= 4 is 22.0 Å². The number of hydrogen-bond acceptors (Lipinski definition) is 0. The van der Waals surface area contributed by atoms with Crippen molar-refractivity contribution in [2.45, 2.75) is 26.2 Å². The lowest BCUT2D eigenvalue weighted by atomic mass is 10.2. The SMILES string of the molecule is CCCCC=Cc1ccc(Br)cc1. The fraction of sp³-hybridized carbons (Fsp3) is 0.333. The minimum absolute atomic E-state index is 1.14. The molecule has 0 N–H and O–H groups in total. The Morgan fingerprint density at radius 2 is 1.92 bits per heavy atom. The van der Waals surface area contributed by atoms with Crippen LogP contribution in [0.3, 0.4) is 0 Å². The van der Waals surface area contributed by atoms with Crippen LogP contribution in [0.5, 0.6) is 0 Å². The summed E-state index contributed by atoms with van der Waals surface area (Å²) < 4.78 is 1.14. The van der Waals surface area contributed by atoms with Gasteiger partial charge in [0.1, 0.15) is 0 Å². The van der Waals surface area contributed by atoms with Crippen molar-refractivity contribution in [3.63, 3.8) is 0 Å². The van der Waals surface area contributed by atoms with Gasteiger partial charge in [0.25, 0.3) is 0 Å². The van der Waals surface area contributed by atoms with E-state index in [1.165, 1.54) is 24.8 Å². The molecule has 0 aliphatic rings. The monoisotopic (exact) mass is 238 g/mol. The van der Waals surface area contributed by atoms with Gasteiger partial charge in [-0.2, -0.15) is 0 Å². The number of halogens is 1. The Morgan fingerprint density at radius 3 is 2.54 bits per heavy atom. The van der Waals surface area contributed by atoms with Gasteiger partial charge in [0.05, 0.1) is 0 Å². The van der Waals surface area contributed by atoms with Crippen LogP contribution in [0.4, 0.5) is 0 Å². The van der Waals surface area contributed by atoms with Crippen LogP contribution in [-0.2, 0) is 0 Å². The maximum atomic E-state index is 3.41. The largest absolute Gasteiger partial charge is 0.0839 e. The molecule has 70 valence electrons. The molecular formula is C12H15Br. The summed E-state index contributed by atoms with van der Waals surface area (Å²) in [5.74, 6) is 0. The zero-order valence-electron chi connectivity index (χ0n) is 7.96. The van der Waals surface area contributed by atoms with E-state index >= 15 is 0 Å². The van der Waals surface area contributed by atoms with E-state index in [9.17, 15) is 0 Å². The molecule has 1 aromatic carbocycles. The highest BCUT2D eigenvalue weighted by Crippen LogP contribution is 2.11. The van der Waals surface area contributed by atoms with Gasteiger partial charge in [0.15, 0.2) is 0 Å². The van der Waals surface area contributed by atoms with Crippen molar-refractivity contribution in [2.24, 2.45) is 0 Å². The highest BCUT2D eigenvalue weighted by molar-refractivity contribution is 9.10. The average molecular weight is 239 g/mol. The third-order valence-electron chi connectivity index (χ3n) is 1.90. The molecular weight excluding hydrogens is 224 g/mol. The first-order chi connectivity index (χ1) is 6.33. The molecule has 0 bridgehead atoms. The molecule has 0 fully saturated rings. The quantitative estimate of drug-likeness (QED) is 0.670.